The number of nitrogens with one attached hydrogen (secondary N) is 2. The summed E-state index contributed by atoms with van der Waals surface area (Å²) >= 11 is 5.59. The molecule has 0 unspecified atom stereocenters. The lowest BCUT2D eigenvalue weighted by Crippen LogP contribution is -2.41. The molecule has 0 aliphatic carbocycles. The van der Waals surface area contributed by atoms with Gasteiger partial charge in [-0.1, -0.05) is 18.2 Å². The minimum atomic E-state index is -0.664. The Balaban J connectivity index is 1.37. The monoisotopic (exact) mass is 464 g/mol. The Morgan fingerprint density at radius 1 is 1.25 bits per heavy atom. The maximum Gasteiger partial charge on any atom is 0.262 e. The zero-order valence-electron chi connectivity index (χ0n) is 17.5. The van der Waals surface area contributed by atoms with Crippen LogP contribution in [0.4, 0.5) is 8.78 Å². The minimum Gasteiger partial charge on any atom is -0.484 e. The lowest BCUT2D eigenvalue weighted by molar-refractivity contribution is -0.128. The second-order valence-corrected chi connectivity index (χ2v) is 7.82. The highest BCUT2D eigenvalue weighted by atomic mass is 35.5. The smallest absolute Gasteiger partial charge is 0.262 e. The molecule has 6 nitrogen and oxygen atoms in total. The zero-order chi connectivity index (χ0) is 23.3. The van der Waals surface area contributed by atoms with Crippen LogP contribution in [0.3, 0.4) is 0 Å². The summed E-state index contributed by atoms with van der Waals surface area (Å²) in [5.41, 5.74) is 1.60. The van der Waals surface area contributed by atoms with Crippen molar-refractivity contribution in [2.45, 2.75) is 32.3 Å². The van der Waals surface area contributed by atoms with E-state index >= 15 is 0 Å². The maximum atomic E-state index is 13.7. The molecule has 32 heavy (non-hydrogen) atoms. The number of halogens is 3. The average Bonchev–Trinajstić information content (AvgIpc) is 2.75. The first kappa shape index (κ1) is 23.5. The molecule has 1 aliphatic heterocycles. The topological polar surface area (TPSA) is 76.7 Å². The number of ether oxygens (including phenoxy) is 2. The van der Waals surface area contributed by atoms with Crippen molar-refractivity contribution in [2.75, 3.05) is 13.2 Å². The third-order valence-corrected chi connectivity index (χ3v) is 5.19. The van der Waals surface area contributed by atoms with Crippen molar-refractivity contribution in [1.82, 2.24) is 10.6 Å². The van der Waals surface area contributed by atoms with Crippen molar-refractivity contribution in [3.8, 4) is 11.5 Å². The molecule has 2 amide bonds. The lowest BCUT2D eigenvalue weighted by Gasteiger charge is -2.25. The highest BCUT2D eigenvalue weighted by Gasteiger charge is 2.26. The van der Waals surface area contributed by atoms with Gasteiger partial charge < -0.3 is 20.1 Å². The number of hydrogen-bond acceptors (Lipinski definition) is 4. The molecule has 0 bridgehead atoms. The van der Waals surface area contributed by atoms with Gasteiger partial charge in [0.15, 0.2) is 12.7 Å². The van der Waals surface area contributed by atoms with Gasteiger partial charge in [0.05, 0.1) is 5.02 Å². The number of carbonyl (C=O) groups excluding carboxylic acids is 2. The second-order valence-electron chi connectivity index (χ2n) is 7.41. The van der Waals surface area contributed by atoms with E-state index in [1.54, 1.807) is 13.0 Å². The van der Waals surface area contributed by atoms with Gasteiger partial charge in [0.1, 0.15) is 23.1 Å². The largest absolute Gasteiger partial charge is 0.484 e. The predicted molar refractivity (Wildman–Crippen MR) is 116 cm³/mol. The molecule has 2 aromatic rings. The molecule has 170 valence electrons. The Hall–Kier alpha value is -3.13. The van der Waals surface area contributed by atoms with E-state index in [9.17, 15) is 18.4 Å². The summed E-state index contributed by atoms with van der Waals surface area (Å²) in [5.74, 6) is -0.991. The van der Waals surface area contributed by atoms with Crippen LogP contribution in [0.2, 0.25) is 5.02 Å². The van der Waals surface area contributed by atoms with Gasteiger partial charge in [0.25, 0.3) is 11.8 Å². The van der Waals surface area contributed by atoms with E-state index in [1.165, 1.54) is 18.2 Å². The number of amides is 2. The molecule has 0 saturated carbocycles. The Kier molecular flexibility index (Phi) is 7.69. The first-order chi connectivity index (χ1) is 15.2. The molecule has 0 spiro atoms. The van der Waals surface area contributed by atoms with Crippen LogP contribution in [-0.4, -0.2) is 31.1 Å². The van der Waals surface area contributed by atoms with E-state index in [-0.39, 0.29) is 35.6 Å². The number of hydrogen-bond donors (Lipinski definition) is 2. The van der Waals surface area contributed by atoms with Crippen LogP contribution in [0, 0.1) is 18.6 Å². The van der Waals surface area contributed by atoms with Crippen LogP contribution in [0.15, 0.2) is 42.6 Å². The Labute approximate surface area is 189 Å². The van der Waals surface area contributed by atoms with Gasteiger partial charge in [-0.05, 0) is 55.2 Å². The third kappa shape index (κ3) is 6.20. The van der Waals surface area contributed by atoms with E-state index in [1.807, 2.05) is 0 Å². The van der Waals surface area contributed by atoms with Gasteiger partial charge in [0, 0.05) is 24.7 Å². The zero-order valence-corrected chi connectivity index (χ0v) is 18.2. The number of fused-ring (bicyclic) bond motifs is 1. The predicted octanol–water partition coefficient (Wildman–Crippen LogP) is 3.84. The van der Waals surface area contributed by atoms with E-state index in [0.29, 0.717) is 36.3 Å². The van der Waals surface area contributed by atoms with Gasteiger partial charge in [0.2, 0.25) is 0 Å². The van der Waals surface area contributed by atoms with E-state index < -0.39 is 17.8 Å². The summed E-state index contributed by atoms with van der Waals surface area (Å²) in [4.78, 5) is 24.3. The van der Waals surface area contributed by atoms with Gasteiger partial charge in [-0.3, -0.25) is 9.59 Å². The van der Waals surface area contributed by atoms with Crippen LogP contribution in [0.25, 0.3) is 0 Å². The van der Waals surface area contributed by atoms with Crippen LogP contribution < -0.4 is 20.1 Å². The number of aryl methyl sites for hydroxylation is 2. The SMILES string of the molecule is C=C(CCNC(=O)[C@H]1CCc2cc(F)c(C)cc2O1)NC(=O)COc1ccc(Cl)c(F)c1. The van der Waals surface area contributed by atoms with Crippen LogP contribution in [0.1, 0.15) is 24.0 Å². The van der Waals surface area contributed by atoms with E-state index in [4.69, 9.17) is 21.1 Å². The average molecular weight is 465 g/mol. The summed E-state index contributed by atoms with van der Waals surface area (Å²) in [6.07, 6.45) is 0.635. The molecule has 2 aromatic carbocycles. The minimum absolute atomic E-state index is 0.0379. The normalized spacial score (nSPS) is 14.7. The molecule has 1 atom stereocenters. The fourth-order valence-corrected chi connectivity index (χ4v) is 3.26. The molecule has 9 heteroatoms. The Morgan fingerprint density at radius 2 is 2.03 bits per heavy atom. The van der Waals surface area contributed by atoms with Gasteiger partial charge >= 0.3 is 0 Å². The number of benzene rings is 2. The van der Waals surface area contributed by atoms with E-state index in [0.717, 1.165) is 11.6 Å². The van der Waals surface area contributed by atoms with Gasteiger partial charge in [-0.2, -0.15) is 0 Å². The third-order valence-electron chi connectivity index (χ3n) is 4.88. The summed E-state index contributed by atoms with van der Waals surface area (Å²) in [6.45, 7) is 5.30. The fraction of sp³-hybridized carbons (Fsp3) is 0.304. The lowest BCUT2D eigenvalue weighted by atomic mass is 10.00. The van der Waals surface area contributed by atoms with Crippen molar-refractivity contribution in [2.24, 2.45) is 0 Å². The van der Waals surface area contributed by atoms with Crippen LogP contribution in [-0.2, 0) is 16.0 Å². The molecular weight excluding hydrogens is 442 g/mol. The number of carbonyl (C=O) groups is 2. The van der Waals surface area contributed by atoms with Crippen molar-refractivity contribution in [1.29, 1.82) is 0 Å². The Morgan fingerprint density at radius 3 is 2.78 bits per heavy atom. The van der Waals surface area contributed by atoms with Crippen molar-refractivity contribution in [3.05, 3.63) is 70.4 Å². The van der Waals surface area contributed by atoms with Crippen LogP contribution >= 0.6 is 11.6 Å². The quantitative estimate of drug-likeness (QED) is 0.622. The van der Waals surface area contributed by atoms with Gasteiger partial charge in [-0.15, -0.1) is 0 Å². The molecule has 0 radical (unpaired) electrons. The second kappa shape index (κ2) is 10.5. The summed E-state index contributed by atoms with van der Waals surface area (Å²) < 4.78 is 38.0. The first-order valence-corrected chi connectivity index (χ1v) is 10.4. The standard InChI is InChI=1S/C23H23ClF2N2O4/c1-13-9-21-15(10-18(13)25)3-6-20(32-21)23(30)27-8-7-14(2)28-22(29)12-31-16-4-5-17(24)19(26)11-16/h4-5,9-11,20H,2-3,6-8,12H2,1H3,(H,27,30)(H,28,29)/t20-/m1/s1. The molecular formula is C23H23ClF2N2O4. The van der Waals surface area contributed by atoms with Crippen LogP contribution in [0.5, 0.6) is 11.5 Å². The van der Waals surface area contributed by atoms with Crippen molar-refractivity contribution < 1.29 is 27.8 Å². The highest BCUT2D eigenvalue weighted by Crippen LogP contribution is 2.30. The highest BCUT2D eigenvalue weighted by molar-refractivity contribution is 6.30. The van der Waals surface area contributed by atoms with Crippen molar-refractivity contribution >= 4 is 23.4 Å². The number of rotatable bonds is 8. The molecule has 0 saturated heterocycles. The first-order valence-electron chi connectivity index (χ1n) is 10.0. The maximum absolute atomic E-state index is 13.7. The van der Waals surface area contributed by atoms with Crippen molar-refractivity contribution in [3.63, 3.8) is 0 Å². The van der Waals surface area contributed by atoms with E-state index in [2.05, 4.69) is 17.2 Å². The van der Waals surface area contributed by atoms with Gasteiger partial charge in [-0.25, -0.2) is 8.78 Å². The molecule has 2 N–H and O–H groups in total. The molecule has 0 fully saturated rings. The molecule has 3 rings (SSSR count). The Bertz CT molecular complexity index is 1040. The summed E-state index contributed by atoms with van der Waals surface area (Å²) in [7, 11) is 0. The fourth-order valence-electron chi connectivity index (χ4n) is 3.15. The summed E-state index contributed by atoms with van der Waals surface area (Å²) in [6, 6.07) is 6.91. The molecule has 1 heterocycles. The molecule has 1 aliphatic rings. The molecule has 0 aromatic heterocycles. The summed E-state index contributed by atoms with van der Waals surface area (Å²) in [5, 5.41) is 5.27.